The maximum Gasteiger partial charge on any atom is 0.213 e. The Morgan fingerprint density at radius 3 is 2.41 bits per heavy atom. The quantitative estimate of drug-likeness (QED) is 0.255. The molecular formula is C27H25Cl2N3O2. The Balaban J connectivity index is 1.36. The van der Waals surface area contributed by atoms with Gasteiger partial charge in [-0.05, 0) is 43.5 Å². The highest BCUT2D eigenvalue weighted by molar-refractivity contribution is 6.39. The molecule has 1 aliphatic rings. The molecule has 0 saturated heterocycles. The van der Waals surface area contributed by atoms with E-state index in [0.29, 0.717) is 33.1 Å². The third-order valence-electron chi connectivity index (χ3n) is 6.04. The van der Waals surface area contributed by atoms with Crippen LogP contribution in [0.4, 0.5) is 5.69 Å². The van der Waals surface area contributed by atoms with Gasteiger partial charge < -0.3 is 14.2 Å². The van der Waals surface area contributed by atoms with Crippen LogP contribution < -0.4 is 9.64 Å². The largest absolute Gasteiger partial charge is 0.473 e. The van der Waals surface area contributed by atoms with Crippen molar-refractivity contribution in [1.29, 1.82) is 0 Å². The minimum absolute atomic E-state index is 0.276. The smallest absolute Gasteiger partial charge is 0.213 e. The van der Waals surface area contributed by atoms with Crippen molar-refractivity contribution >= 4 is 28.9 Å². The van der Waals surface area contributed by atoms with Crippen molar-refractivity contribution in [3.63, 3.8) is 0 Å². The number of rotatable bonds is 8. The Morgan fingerprint density at radius 1 is 1.00 bits per heavy atom. The Hall–Kier alpha value is -3.02. The highest BCUT2D eigenvalue weighted by Crippen LogP contribution is 2.46. The van der Waals surface area contributed by atoms with Gasteiger partial charge in [-0.3, -0.25) is 0 Å². The average Bonchev–Trinajstić information content (AvgIpc) is 3.58. The molecule has 34 heavy (non-hydrogen) atoms. The fourth-order valence-electron chi connectivity index (χ4n) is 4.15. The van der Waals surface area contributed by atoms with Gasteiger partial charge in [-0.15, -0.1) is 0 Å². The topological polar surface area (TPSA) is 51.4 Å². The molecule has 174 valence electrons. The van der Waals surface area contributed by atoms with E-state index >= 15 is 0 Å². The number of aryl methyl sites for hydroxylation is 1. The molecule has 0 spiro atoms. The molecule has 2 heterocycles. The number of hydrogen-bond donors (Lipinski definition) is 0. The minimum atomic E-state index is 0.276. The zero-order valence-corrected chi connectivity index (χ0v) is 20.6. The zero-order chi connectivity index (χ0) is 23.7. The van der Waals surface area contributed by atoms with Crippen LogP contribution in [0.5, 0.6) is 5.88 Å². The van der Waals surface area contributed by atoms with Crippen LogP contribution in [0.15, 0.2) is 65.2 Å². The summed E-state index contributed by atoms with van der Waals surface area (Å²) in [6.45, 7) is 3.07. The van der Waals surface area contributed by atoms with Gasteiger partial charge in [0.15, 0.2) is 0 Å². The normalized spacial score (nSPS) is 13.2. The van der Waals surface area contributed by atoms with Crippen molar-refractivity contribution in [3.05, 3.63) is 93.3 Å². The number of benzene rings is 2. The standard InChI is InChI=1S/C27H25Cl2N3O2/c1-17-23(32(2)15-18-7-4-3-5-8-18)13-14-24(30-17)33-16-20-26(31-34-27(20)19-11-12-19)25-21(28)9-6-10-22(25)29/h3-10,13-14,19H,11-12,15-16H2,1-2H3. The molecule has 1 aliphatic carbocycles. The molecule has 0 N–H and O–H groups in total. The number of anilines is 1. The molecule has 1 saturated carbocycles. The predicted octanol–water partition coefficient (Wildman–Crippen LogP) is 7.44. The second-order valence-electron chi connectivity index (χ2n) is 8.63. The van der Waals surface area contributed by atoms with Gasteiger partial charge in [-0.25, -0.2) is 4.98 Å². The summed E-state index contributed by atoms with van der Waals surface area (Å²) >= 11 is 12.9. The summed E-state index contributed by atoms with van der Waals surface area (Å²) < 4.78 is 11.9. The molecule has 2 aromatic carbocycles. The first kappa shape index (κ1) is 22.8. The lowest BCUT2D eigenvalue weighted by Gasteiger charge is -2.21. The van der Waals surface area contributed by atoms with Gasteiger partial charge in [-0.2, -0.15) is 0 Å². The van der Waals surface area contributed by atoms with Gasteiger partial charge in [0.05, 0.1) is 27.0 Å². The van der Waals surface area contributed by atoms with Crippen LogP contribution >= 0.6 is 23.2 Å². The molecular weight excluding hydrogens is 469 g/mol. The fourth-order valence-corrected chi connectivity index (χ4v) is 4.73. The van der Waals surface area contributed by atoms with E-state index in [1.165, 1.54) is 5.56 Å². The Morgan fingerprint density at radius 2 is 1.74 bits per heavy atom. The third-order valence-corrected chi connectivity index (χ3v) is 6.67. The molecule has 0 unspecified atom stereocenters. The van der Waals surface area contributed by atoms with E-state index in [1.54, 1.807) is 12.1 Å². The van der Waals surface area contributed by atoms with E-state index in [1.807, 2.05) is 31.2 Å². The van der Waals surface area contributed by atoms with Crippen LogP contribution in [0.25, 0.3) is 11.3 Å². The monoisotopic (exact) mass is 493 g/mol. The van der Waals surface area contributed by atoms with Gasteiger partial charge in [0.25, 0.3) is 0 Å². The SMILES string of the molecule is Cc1nc(OCc2c(-c3c(Cl)cccc3Cl)noc2C2CC2)ccc1N(C)Cc1ccccc1. The lowest BCUT2D eigenvalue weighted by atomic mass is 10.0. The van der Waals surface area contributed by atoms with Gasteiger partial charge in [0.1, 0.15) is 18.1 Å². The summed E-state index contributed by atoms with van der Waals surface area (Å²) in [7, 11) is 2.07. The number of halogens is 2. The molecule has 2 aromatic heterocycles. The molecule has 4 aromatic rings. The van der Waals surface area contributed by atoms with Crippen molar-refractivity contribution in [2.45, 2.75) is 38.8 Å². The Labute approximate surface area is 209 Å². The number of nitrogens with zero attached hydrogens (tertiary/aromatic N) is 3. The molecule has 0 bridgehead atoms. The van der Waals surface area contributed by atoms with Crippen LogP contribution in [0, 0.1) is 6.92 Å². The van der Waals surface area contributed by atoms with Crippen molar-refractivity contribution in [1.82, 2.24) is 10.1 Å². The average molecular weight is 494 g/mol. The fraction of sp³-hybridized carbons (Fsp3) is 0.259. The summed E-state index contributed by atoms with van der Waals surface area (Å²) in [5.41, 5.74) is 5.38. The molecule has 5 rings (SSSR count). The molecule has 5 nitrogen and oxygen atoms in total. The Kier molecular flexibility index (Phi) is 6.48. The first-order valence-corrected chi connectivity index (χ1v) is 12.0. The molecule has 0 atom stereocenters. The summed E-state index contributed by atoms with van der Waals surface area (Å²) in [6.07, 6.45) is 2.16. The van der Waals surface area contributed by atoms with Crippen LogP contribution in [-0.2, 0) is 13.2 Å². The molecule has 1 fully saturated rings. The first-order chi connectivity index (χ1) is 16.5. The second-order valence-corrected chi connectivity index (χ2v) is 9.44. The van der Waals surface area contributed by atoms with E-state index in [4.69, 9.17) is 37.4 Å². The summed E-state index contributed by atoms with van der Waals surface area (Å²) in [5, 5.41) is 5.39. The summed E-state index contributed by atoms with van der Waals surface area (Å²) in [6, 6.07) is 19.7. The van der Waals surface area contributed by atoms with Crippen molar-refractivity contribution < 1.29 is 9.26 Å². The van der Waals surface area contributed by atoms with Gasteiger partial charge in [-0.1, -0.05) is 64.8 Å². The lowest BCUT2D eigenvalue weighted by Crippen LogP contribution is -2.18. The summed E-state index contributed by atoms with van der Waals surface area (Å²) in [5.74, 6) is 1.76. The van der Waals surface area contributed by atoms with Crippen LogP contribution in [0.2, 0.25) is 10.0 Å². The lowest BCUT2D eigenvalue weighted by molar-refractivity contribution is 0.288. The first-order valence-electron chi connectivity index (χ1n) is 11.3. The van der Waals surface area contributed by atoms with E-state index < -0.39 is 0 Å². The maximum absolute atomic E-state index is 6.46. The molecule has 0 radical (unpaired) electrons. The number of hydrogen-bond acceptors (Lipinski definition) is 5. The van der Waals surface area contributed by atoms with Crippen LogP contribution in [0.3, 0.4) is 0 Å². The Bertz CT molecular complexity index is 1280. The second kappa shape index (κ2) is 9.69. The third kappa shape index (κ3) is 4.77. The van der Waals surface area contributed by atoms with Gasteiger partial charge in [0, 0.05) is 31.1 Å². The van der Waals surface area contributed by atoms with E-state index in [9.17, 15) is 0 Å². The number of ether oxygens (including phenoxy) is 1. The maximum atomic E-state index is 6.46. The molecule has 0 aliphatic heterocycles. The van der Waals surface area contributed by atoms with E-state index in [0.717, 1.165) is 42.1 Å². The van der Waals surface area contributed by atoms with E-state index in [2.05, 4.69) is 41.4 Å². The van der Waals surface area contributed by atoms with Crippen molar-refractivity contribution in [2.24, 2.45) is 0 Å². The molecule has 7 heteroatoms. The highest BCUT2D eigenvalue weighted by Gasteiger charge is 2.33. The van der Waals surface area contributed by atoms with Crippen molar-refractivity contribution in [2.75, 3.05) is 11.9 Å². The number of pyridine rings is 1. The summed E-state index contributed by atoms with van der Waals surface area (Å²) in [4.78, 5) is 6.88. The van der Waals surface area contributed by atoms with Crippen LogP contribution in [0.1, 0.15) is 41.3 Å². The van der Waals surface area contributed by atoms with Gasteiger partial charge in [0.2, 0.25) is 5.88 Å². The van der Waals surface area contributed by atoms with Gasteiger partial charge >= 0.3 is 0 Å². The highest BCUT2D eigenvalue weighted by atomic mass is 35.5. The van der Waals surface area contributed by atoms with Crippen molar-refractivity contribution in [3.8, 4) is 17.1 Å². The molecule has 0 amide bonds. The predicted molar refractivity (Wildman–Crippen MR) is 136 cm³/mol. The van der Waals surface area contributed by atoms with Crippen LogP contribution in [-0.4, -0.2) is 17.2 Å². The number of aromatic nitrogens is 2. The van der Waals surface area contributed by atoms with E-state index in [-0.39, 0.29) is 6.61 Å². The minimum Gasteiger partial charge on any atom is -0.473 e. The zero-order valence-electron chi connectivity index (χ0n) is 19.1.